The van der Waals surface area contributed by atoms with Crippen molar-refractivity contribution in [2.75, 3.05) is 5.32 Å². The van der Waals surface area contributed by atoms with Crippen LogP contribution in [-0.4, -0.2) is 24.0 Å². The van der Waals surface area contributed by atoms with Crippen LogP contribution in [0.2, 0.25) is 0 Å². The average molecular weight is 416 g/mol. The van der Waals surface area contributed by atoms with E-state index in [1.54, 1.807) is 32.0 Å². The number of nitrogens with one attached hydrogen (secondary N) is 2. The van der Waals surface area contributed by atoms with Crippen molar-refractivity contribution < 1.29 is 23.1 Å². The van der Waals surface area contributed by atoms with Crippen molar-refractivity contribution >= 4 is 17.5 Å². The maximum absolute atomic E-state index is 13.9. The molecule has 1 atom stereocenters. The van der Waals surface area contributed by atoms with Crippen molar-refractivity contribution in [1.82, 2.24) is 5.32 Å². The highest BCUT2D eigenvalue weighted by Gasteiger charge is 2.27. The first-order valence-electron chi connectivity index (χ1n) is 10.2. The number of anilines is 1. The van der Waals surface area contributed by atoms with E-state index in [0.29, 0.717) is 11.4 Å². The van der Waals surface area contributed by atoms with Gasteiger partial charge in [-0.05, 0) is 55.9 Å². The number of benzene rings is 2. The number of hydrogen-bond acceptors (Lipinski definition) is 3. The smallest absolute Gasteiger partial charge is 0.257 e. The van der Waals surface area contributed by atoms with Gasteiger partial charge in [0.2, 0.25) is 5.91 Å². The molecule has 2 aromatic carbocycles. The van der Waals surface area contributed by atoms with Crippen molar-refractivity contribution in [3.8, 4) is 5.75 Å². The minimum absolute atomic E-state index is 0.189. The minimum atomic E-state index is -0.979. The lowest BCUT2D eigenvalue weighted by atomic mass is 10.0. The molecule has 0 aromatic heterocycles. The molecular weight excluding hydrogens is 390 g/mol. The predicted octanol–water partition coefficient (Wildman–Crippen LogP) is 4.68. The van der Waals surface area contributed by atoms with Crippen LogP contribution in [0.1, 0.15) is 49.9 Å². The molecule has 5 nitrogen and oxygen atoms in total. The Kier molecular flexibility index (Phi) is 7.03. The molecule has 1 aliphatic carbocycles. The summed E-state index contributed by atoms with van der Waals surface area (Å²) in [6, 6.07) is 9.25. The Hall–Kier alpha value is -2.96. The molecular formula is C23H26F2N2O3. The van der Waals surface area contributed by atoms with Gasteiger partial charge in [-0.1, -0.05) is 26.0 Å². The lowest BCUT2D eigenvalue weighted by Crippen LogP contribution is -2.47. The molecule has 2 amide bonds. The van der Waals surface area contributed by atoms with Gasteiger partial charge in [-0.25, -0.2) is 8.78 Å². The highest BCUT2D eigenvalue weighted by Crippen LogP contribution is 2.26. The van der Waals surface area contributed by atoms with Gasteiger partial charge < -0.3 is 15.4 Å². The van der Waals surface area contributed by atoms with E-state index in [-0.39, 0.29) is 12.0 Å². The molecule has 1 fully saturated rings. The zero-order valence-corrected chi connectivity index (χ0v) is 17.1. The van der Waals surface area contributed by atoms with Gasteiger partial charge in [0.1, 0.15) is 29.0 Å². The van der Waals surface area contributed by atoms with Crippen molar-refractivity contribution in [2.45, 2.75) is 51.7 Å². The highest BCUT2D eigenvalue weighted by atomic mass is 19.1. The molecule has 1 saturated carbocycles. The van der Waals surface area contributed by atoms with Crippen LogP contribution >= 0.6 is 0 Å². The van der Waals surface area contributed by atoms with Crippen LogP contribution in [0.5, 0.6) is 5.75 Å². The summed E-state index contributed by atoms with van der Waals surface area (Å²) in [4.78, 5) is 25.2. The summed E-state index contributed by atoms with van der Waals surface area (Å²) in [5.41, 5.74) is -0.185. The third kappa shape index (κ3) is 5.34. The number of rotatable bonds is 7. The standard InChI is InChI=1S/C23H26F2N2O3/c1-14(2)21(27-22(28)20-18(24)11-6-12-19(20)25)23(29)26-15-7-5-10-17(13-15)30-16-8-3-4-9-16/h5-7,10-14,16,21H,3-4,8-9H2,1-2H3,(H,26,29)(H,27,28). The second-order valence-electron chi connectivity index (χ2n) is 7.83. The Balaban J connectivity index is 1.69. The molecule has 1 aliphatic rings. The zero-order chi connectivity index (χ0) is 21.7. The zero-order valence-electron chi connectivity index (χ0n) is 17.1. The first kappa shape index (κ1) is 21.7. The van der Waals surface area contributed by atoms with E-state index in [1.807, 2.05) is 6.07 Å². The van der Waals surface area contributed by atoms with Gasteiger partial charge in [0.15, 0.2) is 0 Å². The van der Waals surface area contributed by atoms with Crippen molar-refractivity contribution in [3.63, 3.8) is 0 Å². The van der Waals surface area contributed by atoms with Gasteiger partial charge in [-0.2, -0.15) is 0 Å². The first-order chi connectivity index (χ1) is 14.3. The van der Waals surface area contributed by atoms with Crippen molar-refractivity contribution in [3.05, 3.63) is 59.7 Å². The summed E-state index contributed by atoms with van der Waals surface area (Å²) in [5, 5.41) is 5.20. The van der Waals surface area contributed by atoms with Crippen LogP contribution in [0.4, 0.5) is 14.5 Å². The molecule has 3 rings (SSSR count). The fourth-order valence-corrected chi connectivity index (χ4v) is 3.53. The Morgan fingerprint density at radius 1 is 1.03 bits per heavy atom. The van der Waals surface area contributed by atoms with Gasteiger partial charge in [-0.3, -0.25) is 9.59 Å². The van der Waals surface area contributed by atoms with Crippen LogP contribution < -0.4 is 15.4 Å². The number of hydrogen-bond donors (Lipinski definition) is 2. The third-order valence-corrected chi connectivity index (χ3v) is 5.13. The van der Waals surface area contributed by atoms with E-state index in [9.17, 15) is 18.4 Å². The predicted molar refractivity (Wildman–Crippen MR) is 110 cm³/mol. The second kappa shape index (κ2) is 9.69. The summed E-state index contributed by atoms with van der Waals surface area (Å²) in [6.45, 7) is 3.48. The topological polar surface area (TPSA) is 67.4 Å². The van der Waals surface area contributed by atoms with E-state index in [1.165, 1.54) is 6.07 Å². The van der Waals surface area contributed by atoms with Crippen LogP contribution in [0.3, 0.4) is 0 Å². The summed E-state index contributed by atoms with van der Waals surface area (Å²) < 4.78 is 33.7. The lowest BCUT2D eigenvalue weighted by molar-refractivity contribution is -0.118. The number of carbonyl (C=O) groups is 2. The van der Waals surface area contributed by atoms with E-state index >= 15 is 0 Å². The first-order valence-corrected chi connectivity index (χ1v) is 10.2. The SMILES string of the molecule is CC(C)C(NC(=O)c1c(F)cccc1F)C(=O)Nc1cccc(OC2CCCC2)c1. The van der Waals surface area contributed by atoms with E-state index in [2.05, 4.69) is 10.6 Å². The maximum Gasteiger partial charge on any atom is 0.257 e. The van der Waals surface area contributed by atoms with E-state index in [0.717, 1.165) is 37.8 Å². The van der Waals surface area contributed by atoms with E-state index < -0.39 is 35.1 Å². The quantitative estimate of drug-likeness (QED) is 0.689. The van der Waals surface area contributed by atoms with Crippen LogP contribution in [0, 0.1) is 17.6 Å². The lowest BCUT2D eigenvalue weighted by Gasteiger charge is -2.22. The molecule has 2 aromatic rings. The molecule has 0 spiro atoms. The number of carbonyl (C=O) groups excluding carboxylic acids is 2. The van der Waals surface area contributed by atoms with Gasteiger partial charge in [-0.15, -0.1) is 0 Å². The molecule has 0 aliphatic heterocycles. The third-order valence-electron chi connectivity index (χ3n) is 5.13. The molecule has 7 heteroatoms. The second-order valence-corrected chi connectivity index (χ2v) is 7.83. The maximum atomic E-state index is 13.9. The van der Waals surface area contributed by atoms with Crippen LogP contribution in [0.15, 0.2) is 42.5 Å². The molecule has 0 radical (unpaired) electrons. The Morgan fingerprint density at radius 2 is 1.67 bits per heavy atom. The van der Waals surface area contributed by atoms with Gasteiger partial charge in [0.25, 0.3) is 5.91 Å². The van der Waals surface area contributed by atoms with Crippen LogP contribution in [0.25, 0.3) is 0 Å². The Morgan fingerprint density at radius 3 is 2.30 bits per heavy atom. The molecule has 0 saturated heterocycles. The van der Waals surface area contributed by atoms with E-state index in [4.69, 9.17) is 4.74 Å². The fourth-order valence-electron chi connectivity index (χ4n) is 3.53. The normalized spacial score (nSPS) is 15.1. The summed E-state index contributed by atoms with van der Waals surface area (Å²) in [6.07, 6.45) is 4.53. The fraction of sp³-hybridized carbons (Fsp3) is 0.391. The Bertz CT molecular complexity index is 891. The highest BCUT2D eigenvalue weighted by molar-refractivity contribution is 6.01. The van der Waals surface area contributed by atoms with Gasteiger partial charge in [0.05, 0.1) is 6.10 Å². The van der Waals surface area contributed by atoms with Gasteiger partial charge >= 0.3 is 0 Å². The van der Waals surface area contributed by atoms with Gasteiger partial charge in [0, 0.05) is 11.8 Å². The molecule has 0 bridgehead atoms. The summed E-state index contributed by atoms with van der Waals surface area (Å²) in [7, 11) is 0. The van der Waals surface area contributed by atoms with Crippen LogP contribution in [-0.2, 0) is 4.79 Å². The summed E-state index contributed by atoms with van der Waals surface area (Å²) in [5.74, 6) is -3.05. The average Bonchev–Trinajstić information content (AvgIpc) is 3.19. The summed E-state index contributed by atoms with van der Waals surface area (Å²) >= 11 is 0. The van der Waals surface area contributed by atoms with Crippen molar-refractivity contribution in [1.29, 1.82) is 0 Å². The number of halogens is 2. The Labute approximate surface area is 174 Å². The minimum Gasteiger partial charge on any atom is -0.490 e. The molecule has 160 valence electrons. The molecule has 1 unspecified atom stereocenters. The number of amides is 2. The monoisotopic (exact) mass is 416 g/mol. The molecule has 0 heterocycles. The number of ether oxygens (including phenoxy) is 1. The van der Waals surface area contributed by atoms with Crippen molar-refractivity contribution in [2.24, 2.45) is 5.92 Å². The molecule has 30 heavy (non-hydrogen) atoms. The molecule has 2 N–H and O–H groups in total. The largest absolute Gasteiger partial charge is 0.490 e.